The second-order valence-electron chi connectivity index (χ2n) is 3.49. The van der Waals surface area contributed by atoms with Crippen LogP contribution in [0.25, 0.3) is 0 Å². The van der Waals surface area contributed by atoms with Gasteiger partial charge < -0.3 is 10.2 Å². The van der Waals surface area contributed by atoms with Gasteiger partial charge in [0.1, 0.15) is 5.78 Å². The van der Waals surface area contributed by atoms with Crippen molar-refractivity contribution in [2.75, 3.05) is 19.6 Å². The van der Waals surface area contributed by atoms with Gasteiger partial charge in [0.15, 0.2) is 0 Å². The van der Waals surface area contributed by atoms with Gasteiger partial charge in [-0.25, -0.2) is 0 Å². The molecule has 74 valence electrons. The Hall–Kier alpha value is -0.900. The number of amides is 1. The van der Waals surface area contributed by atoms with Crippen LogP contribution in [0.15, 0.2) is 0 Å². The van der Waals surface area contributed by atoms with Crippen LogP contribution in [-0.2, 0) is 9.59 Å². The minimum Gasteiger partial charge on any atom is -0.334 e. The minimum atomic E-state index is -0.151. The van der Waals surface area contributed by atoms with Crippen LogP contribution >= 0.6 is 0 Å². The van der Waals surface area contributed by atoms with Gasteiger partial charge in [-0.05, 0) is 26.8 Å². The normalized spacial score (nSPS) is 24.3. The molecule has 13 heavy (non-hydrogen) atoms. The highest BCUT2D eigenvalue weighted by molar-refractivity contribution is 5.87. The molecule has 0 aliphatic carbocycles. The van der Waals surface area contributed by atoms with Crippen LogP contribution in [0.1, 0.15) is 20.3 Å². The van der Waals surface area contributed by atoms with Gasteiger partial charge in [0.25, 0.3) is 0 Å². The monoisotopic (exact) mass is 184 g/mol. The van der Waals surface area contributed by atoms with Crippen molar-refractivity contribution in [3.05, 3.63) is 0 Å². The van der Waals surface area contributed by atoms with Gasteiger partial charge in [-0.15, -0.1) is 0 Å². The van der Waals surface area contributed by atoms with E-state index in [9.17, 15) is 9.59 Å². The second kappa shape index (κ2) is 4.37. The molecule has 1 amide bonds. The first-order chi connectivity index (χ1) is 6.11. The van der Waals surface area contributed by atoms with Crippen LogP contribution in [0.3, 0.4) is 0 Å². The van der Waals surface area contributed by atoms with Crippen LogP contribution in [-0.4, -0.2) is 42.3 Å². The second-order valence-corrected chi connectivity index (χ2v) is 3.49. The molecule has 0 aromatic carbocycles. The van der Waals surface area contributed by atoms with Crippen molar-refractivity contribution in [2.45, 2.75) is 26.3 Å². The maximum atomic E-state index is 11.6. The van der Waals surface area contributed by atoms with Gasteiger partial charge in [0.05, 0.1) is 12.6 Å². The molecule has 4 nitrogen and oxygen atoms in total. The molecule has 1 unspecified atom stereocenters. The lowest BCUT2D eigenvalue weighted by molar-refractivity contribution is -0.135. The first-order valence-corrected chi connectivity index (χ1v) is 4.63. The summed E-state index contributed by atoms with van der Waals surface area (Å²) < 4.78 is 0. The highest BCUT2D eigenvalue weighted by atomic mass is 16.2. The highest BCUT2D eigenvalue weighted by Crippen LogP contribution is 2.01. The molecule has 1 atom stereocenters. The lowest BCUT2D eigenvalue weighted by Gasteiger charge is -2.20. The Morgan fingerprint density at radius 3 is 3.00 bits per heavy atom. The molecule has 4 heteroatoms. The number of hydrogen-bond donors (Lipinski definition) is 1. The summed E-state index contributed by atoms with van der Waals surface area (Å²) in [6.45, 7) is 5.14. The predicted octanol–water partition coefficient (Wildman–Crippen LogP) is -0.214. The number of carbonyl (C=O) groups is 2. The van der Waals surface area contributed by atoms with Gasteiger partial charge in [-0.1, -0.05) is 0 Å². The maximum Gasteiger partial charge on any atom is 0.239 e. The van der Waals surface area contributed by atoms with E-state index in [0.717, 1.165) is 13.0 Å². The SMILES string of the molecule is CC(=O)CN1CCCNC(C)C1=O. The number of rotatable bonds is 2. The van der Waals surface area contributed by atoms with Crippen molar-refractivity contribution in [3.8, 4) is 0 Å². The van der Waals surface area contributed by atoms with Crippen LogP contribution in [0.4, 0.5) is 0 Å². The fraction of sp³-hybridized carbons (Fsp3) is 0.778. The standard InChI is InChI=1S/C9H16N2O2/c1-7(12)6-11-5-3-4-10-8(2)9(11)13/h8,10H,3-6H2,1-2H3. The molecular weight excluding hydrogens is 168 g/mol. The molecule has 0 aromatic rings. The summed E-state index contributed by atoms with van der Waals surface area (Å²) in [5, 5.41) is 3.09. The summed E-state index contributed by atoms with van der Waals surface area (Å²) in [5.41, 5.74) is 0. The molecule has 0 radical (unpaired) electrons. The van der Waals surface area contributed by atoms with Crippen molar-refractivity contribution in [2.24, 2.45) is 0 Å². The summed E-state index contributed by atoms with van der Waals surface area (Å²) in [6.07, 6.45) is 0.920. The average molecular weight is 184 g/mol. The zero-order chi connectivity index (χ0) is 9.84. The fourth-order valence-corrected chi connectivity index (χ4v) is 1.49. The van der Waals surface area contributed by atoms with Gasteiger partial charge in [0.2, 0.25) is 5.91 Å². The Bertz CT molecular complexity index is 216. The number of Topliss-reactive ketones (excluding diaryl/α,β-unsaturated/α-hetero) is 1. The Morgan fingerprint density at radius 2 is 2.38 bits per heavy atom. The molecule has 0 saturated carbocycles. The van der Waals surface area contributed by atoms with E-state index in [1.807, 2.05) is 6.92 Å². The quantitative estimate of drug-likeness (QED) is 0.646. The van der Waals surface area contributed by atoms with Crippen LogP contribution in [0, 0.1) is 0 Å². The van der Waals surface area contributed by atoms with Crippen molar-refractivity contribution in [3.63, 3.8) is 0 Å². The van der Waals surface area contributed by atoms with Crippen molar-refractivity contribution >= 4 is 11.7 Å². The van der Waals surface area contributed by atoms with Crippen molar-refractivity contribution in [1.29, 1.82) is 0 Å². The molecule has 1 saturated heterocycles. The van der Waals surface area contributed by atoms with Crippen LogP contribution in [0.5, 0.6) is 0 Å². The molecule has 0 bridgehead atoms. The molecule has 1 rings (SSSR count). The Balaban J connectivity index is 2.59. The molecule has 1 aliphatic rings. The summed E-state index contributed by atoms with van der Waals surface area (Å²) in [6, 6.07) is -0.151. The number of carbonyl (C=O) groups excluding carboxylic acids is 2. The number of nitrogens with one attached hydrogen (secondary N) is 1. The van der Waals surface area contributed by atoms with Gasteiger partial charge >= 0.3 is 0 Å². The van der Waals surface area contributed by atoms with E-state index in [2.05, 4.69) is 5.32 Å². The number of hydrogen-bond acceptors (Lipinski definition) is 3. The van der Waals surface area contributed by atoms with Crippen molar-refractivity contribution < 1.29 is 9.59 Å². The van der Waals surface area contributed by atoms with Crippen molar-refractivity contribution in [1.82, 2.24) is 10.2 Å². The zero-order valence-electron chi connectivity index (χ0n) is 8.17. The lowest BCUT2D eigenvalue weighted by atomic mass is 10.3. The maximum absolute atomic E-state index is 11.6. The van der Waals surface area contributed by atoms with E-state index in [-0.39, 0.29) is 24.3 Å². The lowest BCUT2D eigenvalue weighted by Crippen LogP contribution is -2.43. The molecule has 1 aliphatic heterocycles. The number of ketones is 1. The first-order valence-electron chi connectivity index (χ1n) is 4.63. The molecule has 0 spiro atoms. The topological polar surface area (TPSA) is 49.4 Å². The largest absolute Gasteiger partial charge is 0.334 e. The summed E-state index contributed by atoms with van der Waals surface area (Å²) >= 11 is 0. The molecular formula is C9H16N2O2. The van der Waals surface area contributed by atoms with E-state index in [4.69, 9.17) is 0 Å². The zero-order valence-corrected chi connectivity index (χ0v) is 8.17. The van der Waals surface area contributed by atoms with E-state index in [0.29, 0.717) is 6.54 Å². The van der Waals surface area contributed by atoms with Gasteiger partial charge in [-0.3, -0.25) is 9.59 Å². The van der Waals surface area contributed by atoms with Gasteiger partial charge in [-0.2, -0.15) is 0 Å². The summed E-state index contributed by atoms with van der Waals surface area (Å²) in [5.74, 6) is 0.0788. The summed E-state index contributed by atoms with van der Waals surface area (Å²) in [4.78, 5) is 24.1. The highest BCUT2D eigenvalue weighted by Gasteiger charge is 2.23. The van der Waals surface area contributed by atoms with E-state index in [1.165, 1.54) is 6.92 Å². The third-order valence-electron chi connectivity index (χ3n) is 2.15. The van der Waals surface area contributed by atoms with Gasteiger partial charge in [0, 0.05) is 6.54 Å². The van der Waals surface area contributed by atoms with E-state index in [1.54, 1.807) is 4.90 Å². The Morgan fingerprint density at radius 1 is 1.69 bits per heavy atom. The fourth-order valence-electron chi connectivity index (χ4n) is 1.49. The number of nitrogens with zero attached hydrogens (tertiary/aromatic N) is 1. The molecule has 1 heterocycles. The molecule has 1 fully saturated rings. The molecule has 0 aromatic heterocycles. The third-order valence-corrected chi connectivity index (χ3v) is 2.15. The van der Waals surface area contributed by atoms with Crippen LogP contribution in [0.2, 0.25) is 0 Å². The average Bonchev–Trinajstić information content (AvgIpc) is 2.19. The summed E-state index contributed by atoms with van der Waals surface area (Å²) in [7, 11) is 0. The Kier molecular flexibility index (Phi) is 3.42. The molecule has 1 N–H and O–H groups in total. The predicted molar refractivity (Wildman–Crippen MR) is 49.3 cm³/mol. The van der Waals surface area contributed by atoms with E-state index < -0.39 is 0 Å². The van der Waals surface area contributed by atoms with E-state index >= 15 is 0 Å². The third kappa shape index (κ3) is 2.81. The van der Waals surface area contributed by atoms with Crippen LogP contribution < -0.4 is 5.32 Å². The minimum absolute atomic E-state index is 0.0349. The smallest absolute Gasteiger partial charge is 0.239 e. The Labute approximate surface area is 78.3 Å². The first kappa shape index (κ1) is 10.2.